The summed E-state index contributed by atoms with van der Waals surface area (Å²) in [5.74, 6) is 0.931. The summed E-state index contributed by atoms with van der Waals surface area (Å²) in [7, 11) is 0. The van der Waals surface area contributed by atoms with Gasteiger partial charge in [-0.25, -0.2) is 0 Å². The van der Waals surface area contributed by atoms with Crippen LogP contribution in [0.3, 0.4) is 0 Å². The molecule has 1 aliphatic heterocycles. The summed E-state index contributed by atoms with van der Waals surface area (Å²) in [4.78, 5) is 10.0. The third-order valence-corrected chi connectivity index (χ3v) is 2.24. The molecule has 0 bridgehead atoms. The maximum Gasteiger partial charge on any atom is 0.293 e. The van der Waals surface area contributed by atoms with Crippen molar-refractivity contribution in [1.29, 1.82) is 0 Å². The number of carbonyl (C=O) groups excluding carboxylic acids is 1. The first-order valence-corrected chi connectivity index (χ1v) is 4.32. The number of hydrogen-bond donors (Lipinski definition) is 1. The highest BCUT2D eigenvalue weighted by molar-refractivity contribution is 5.45. The van der Waals surface area contributed by atoms with Crippen molar-refractivity contribution >= 4 is 6.47 Å². The smallest absolute Gasteiger partial charge is 0.293 e. The van der Waals surface area contributed by atoms with Crippen molar-refractivity contribution in [2.45, 2.75) is 5.92 Å². The van der Waals surface area contributed by atoms with Gasteiger partial charge in [0.2, 0.25) is 0 Å². The first-order valence-electron chi connectivity index (χ1n) is 4.32. The highest BCUT2D eigenvalue weighted by Crippen LogP contribution is 2.36. The minimum Gasteiger partial charge on any atom is -0.508 e. The molecule has 1 aliphatic rings. The first kappa shape index (κ1) is 8.87. The molecule has 0 saturated heterocycles. The Bertz CT molecular complexity index is 348. The van der Waals surface area contributed by atoms with E-state index in [0.717, 1.165) is 5.56 Å². The van der Waals surface area contributed by atoms with E-state index in [0.29, 0.717) is 25.4 Å². The number of phenols is 1. The van der Waals surface area contributed by atoms with Crippen molar-refractivity contribution in [1.82, 2.24) is 0 Å². The number of ether oxygens (including phenoxy) is 2. The lowest BCUT2D eigenvalue weighted by Crippen LogP contribution is -2.08. The summed E-state index contributed by atoms with van der Waals surface area (Å²) >= 11 is 0. The highest BCUT2D eigenvalue weighted by atomic mass is 16.5. The van der Waals surface area contributed by atoms with E-state index in [1.54, 1.807) is 18.2 Å². The van der Waals surface area contributed by atoms with Crippen LogP contribution in [0.15, 0.2) is 18.2 Å². The van der Waals surface area contributed by atoms with E-state index < -0.39 is 0 Å². The summed E-state index contributed by atoms with van der Waals surface area (Å²) in [5, 5.41) is 9.19. The molecule has 0 saturated carbocycles. The number of rotatable bonds is 3. The lowest BCUT2D eigenvalue weighted by molar-refractivity contribution is -0.129. The van der Waals surface area contributed by atoms with Crippen molar-refractivity contribution in [2.24, 2.45) is 0 Å². The van der Waals surface area contributed by atoms with Gasteiger partial charge in [-0.05, 0) is 6.07 Å². The van der Waals surface area contributed by atoms with Crippen LogP contribution >= 0.6 is 0 Å². The van der Waals surface area contributed by atoms with Crippen LogP contribution in [0.1, 0.15) is 11.5 Å². The third kappa shape index (κ3) is 1.51. The summed E-state index contributed by atoms with van der Waals surface area (Å²) in [6.45, 7) is 1.24. The molecule has 4 heteroatoms. The zero-order valence-electron chi connectivity index (χ0n) is 7.47. The van der Waals surface area contributed by atoms with Crippen LogP contribution in [0.2, 0.25) is 0 Å². The van der Waals surface area contributed by atoms with Gasteiger partial charge < -0.3 is 14.6 Å². The number of benzene rings is 1. The predicted molar refractivity (Wildman–Crippen MR) is 48.4 cm³/mol. The molecular weight excluding hydrogens is 184 g/mol. The van der Waals surface area contributed by atoms with Gasteiger partial charge in [-0.3, -0.25) is 4.79 Å². The zero-order chi connectivity index (χ0) is 9.97. The molecule has 1 aromatic carbocycles. The van der Waals surface area contributed by atoms with Crippen molar-refractivity contribution in [3.63, 3.8) is 0 Å². The van der Waals surface area contributed by atoms with E-state index in [1.807, 2.05) is 0 Å². The number of carbonyl (C=O) groups is 1. The fraction of sp³-hybridized carbons (Fsp3) is 0.300. The van der Waals surface area contributed by atoms with E-state index in [1.165, 1.54) is 0 Å². The largest absolute Gasteiger partial charge is 0.508 e. The quantitative estimate of drug-likeness (QED) is 0.730. The lowest BCUT2D eigenvalue weighted by atomic mass is 10.0. The summed E-state index contributed by atoms with van der Waals surface area (Å²) in [6, 6.07) is 4.95. The topological polar surface area (TPSA) is 55.8 Å². The van der Waals surface area contributed by atoms with E-state index in [9.17, 15) is 9.90 Å². The average Bonchev–Trinajstić information content (AvgIpc) is 2.57. The van der Waals surface area contributed by atoms with Gasteiger partial charge in [-0.2, -0.15) is 0 Å². The number of aromatic hydroxyl groups is 1. The van der Waals surface area contributed by atoms with Crippen LogP contribution in [0.5, 0.6) is 11.5 Å². The minimum absolute atomic E-state index is 0.0794. The van der Waals surface area contributed by atoms with Crippen molar-refractivity contribution in [2.75, 3.05) is 13.2 Å². The molecule has 4 nitrogen and oxygen atoms in total. The van der Waals surface area contributed by atoms with E-state index >= 15 is 0 Å². The molecule has 0 unspecified atom stereocenters. The van der Waals surface area contributed by atoms with Crippen molar-refractivity contribution in [3.8, 4) is 11.5 Å². The monoisotopic (exact) mass is 194 g/mol. The van der Waals surface area contributed by atoms with Gasteiger partial charge in [0, 0.05) is 11.6 Å². The maximum absolute atomic E-state index is 10.0. The Morgan fingerprint density at radius 3 is 3.29 bits per heavy atom. The van der Waals surface area contributed by atoms with Gasteiger partial charge in [0.1, 0.15) is 18.1 Å². The van der Waals surface area contributed by atoms with Gasteiger partial charge in [-0.1, -0.05) is 6.07 Å². The van der Waals surface area contributed by atoms with E-state index in [4.69, 9.17) is 4.74 Å². The van der Waals surface area contributed by atoms with Gasteiger partial charge in [0.05, 0.1) is 12.5 Å². The molecule has 1 aromatic rings. The Labute approximate surface area is 81.1 Å². The molecule has 1 N–H and O–H groups in total. The number of fused-ring (bicyclic) bond motifs is 1. The molecule has 0 radical (unpaired) electrons. The van der Waals surface area contributed by atoms with Crippen LogP contribution in [0.4, 0.5) is 0 Å². The fourth-order valence-electron chi connectivity index (χ4n) is 1.56. The molecule has 2 rings (SSSR count). The van der Waals surface area contributed by atoms with Crippen LogP contribution in [0.25, 0.3) is 0 Å². The molecule has 0 fully saturated rings. The van der Waals surface area contributed by atoms with Gasteiger partial charge >= 0.3 is 0 Å². The molecule has 0 amide bonds. The minimum atomic E-state index is 0.0794. The SMILES string of the molecule is O=COC[C@@H]1COc2cc(O)ccc21. The normalized spacial score (nSPS) is 18.4. The Morgan fingerprint density at radius 1 is 1.64 bits per heavy atom. The Balaban J connectivity index is 2.18. The molecule has 74 valence electrons. The Morgan fingerprint density at radius 2 is 2.50 bits per heavy atom. The molecule has 0 aromatic heterocycles. The van der Waals surface area contributed by atoms with Crippen LogP contribution in [0, 0.1) is 0 Å². The van der Waals surface area contributed by atoms with Gasteiger partial charge in [0.15, 0.2) is 0 Å². The molecule has 14 heavy (non-hydrogen) atoms. The summed E-state index contributed by atoms with van der Waals surface area (Å²) in [5.41, 5.74) is 0.977. The second kappa shape index (κ2) is 3.57. The molecule has 1 heterocycles. The Kier molecular flexibility index (Phi) is 2.26. The number of phenolic OH excluding ortho intramolecular Hbond substituents is 1. The van der Waals surface area contributed by atoms with E-state index in [2.05, 4.69) is 4.74 Å². The van der Waals surface area contributed by atoms with Crippen LogP contribution in [-0.4, -0.2) is 24.8 Å². The molecule has 0 aliphatic carbocycles. The molecular formula is C10H10O4. The standard InChI is InChI=1S/C10H10O4/c11-6-13-4-7-5-14-10-3-8(12)1-2-9(7)10/h1-3,6-7,12H,4-5H2/t7-/m1/s1. The van der Waals surface area contributed by atoms with Gasteiger partial charge in [0.25, 0.3) is 6.47 Å². The second-order valence-electron chi connectivity index (χ2n) is 3.16. The predicted octanol–water partition coefficient (Wildman–Crippen LogP) is 1.04. The van der Waals surface area contributed by atoms with Crippen LogP contribution < -0.4 is 4.74 Å². The molecule has 0 spiro atoms. The first-order chi connectivity index (χ1) is 6.81. The van der Waals surface area contributed by atoms with Gasteiger partial charge in [-0.15, -0.1) is 0 Å². The molecule has 1 atom stereocenters. The van der Waals surface area contributed by atoms with Crippen molar-refractivity contribution < 1.29 is 19.4 Å². The van der Waals surface area contributed by atoms with Crippen molar-refractivity contribution in [3.05, 3.63) is 23.8 Å². The zero-order valence-corrected chi connectivity index (χ0v) is 7.47. The summed E-state index contributed by atoms with van der Waals surface area (Å²) in [6.07, 6.45) is 0. The third-order valence-electron chi connectivity index (χ3n) is 2.24. The summed E-state index contributed by atoms with van der Waals surface area (Å²) < 4.78 is 10.0. The second-order valence-corrected chi connectivity index (χ2v) is 3.16. The maximum atomic E-state index is 10.0. The van der Waals surface area contributed by atoms with Crippen LogP contribution in [-0.2, 0) is 9.53 Å². The Hall–Kier alpha value is -1.71. The number of hydrogen-bond acceptors (Lipinski definition) is 4. The average molecular weight is 194 g/mol. The highest BCUT2D eigenvalue weighted by Gasteiger charge is 2.24. The lowest BCUT2D eigenvalue weighted by Gasteiger charge is -2.05. The fourth-order valence-corrected chi connectivity index (χ4v) is 1.56. The van der Waals surface area contributed by atoms with E-state index in [-0.39, 0.29) is 11.7 Å².